The fourth-order valence-electron chi connectivity index (χ4n) is 3.16. The van der Waals surface area contributed by atoms with E-state index in [-0.39, 0.29) is 17.5 Å². The van der Waals surface area contributed by atoms with Crippen molar-refractivity contribution in [2.24, 2.45) is 13.0 Å². The van der Waals surface area contributed by atoms with Crippen molar-refractivity contribution in [3.8, 4) is 0 Å². The zero-order chi connectivity index (χ0) is 16.7. The Labute approximate surface area is 141 Å². The molecule has 24 heavy (non-hydrogen) atoms. The summed E-state index contributed by atoms with van der Waals surface area (Å²) >= 11 is 1.58. The van der Waals surface area contributed by atoms with Crippen LogP contribution in [0.4, 0.5) is 0 Å². The number of thiazole rings is 1. The summed E-state index contributed by atoms with van der Waals surface area (Å²) < 4.78 is 4.05. The molecule has 1 aromatic carbocycles. The molecule has 0 saturated heterocycles. The first kappa shape index (κ1) is 15.1. The zero-order valence-corrected chi connectivity index (χ0v) is 14.0. The minimum Gasteiger partial charge on any atom is -0.352 e. The van der Waals surface area contributed by atoms with Gasteiger partial charge in [0, 0.05) is 26.6 Å². The highest BCUT2D eigenvalue weighted by molar-refractivity contribution is 7.16. The van der Waals surface area contributed by atoms with Gasteiger partial charge in [0.15, 0.2) is 0 Å². The molecule has 1 atom stereocenters. The number of aryl methyl sites for hydroxylation is 2. The SMILES string of the molecule is Cn1nc2n(c1=O)CC(C(=O)NCc1cccc3ncsc13)CC2. The van der Waals surface area contributed by atoms with E-state index in [1.165, 1.54) is 4.68 Å². The second-order valence-electron chi connectivity index (χ2n) is 6.00. The van der Waals surface area contributed by atoms with E-state index in [0.29, 0.717) is 25.9 Å². The van der Waals surface area contributed by atoms with Gasteiger partial charge in [0.05, 0.1) is 21.6 Å². The number of fused-ring (bicyclic) bond motifs is 2. The number of rotatable bonds is 3. The van der Waals surface area contributed by atoms with Crippen molar-refractivity contribution in [3.05, 3.63) is 45.6 Å². The first-order chi connectivity index (χ1) is 11.6. The van der Waals surface area contributed by atoms with Crippen molar-refractivity contribution in [1.82, 2.24) is 24.6 Å². The van der Waals surface area contributed by atoms with Crippen LogP contribution in [0.2, 0.25) is 0 Å². The lowest BCUT2D eigenvalue weighted by molar-refractivity contribution is -0.126. The first-order valence-corrected chi connectivity index (χ1v) is 8.73. The van der Waals surface area contributed by atoms with E-state index in [1.54, 1.807) is 23.0 Å². The molecule has 4 rings (SSSR count). The smallest absolute Gasteiger partial charge is 0.345 e. The second kappa shape index (κ2) is 5.86. The van der Waals surface area contributed by atoms with E-state index in [1.807, 2.05) is 23.7 Å². The van der Waals surface area contributed by atoms with Crippen LogP contribution in [0.25, 0.3) is 10.2 Å². The molecular formula is C16H17N5O2S. The quantitative estimate of drug-likeness (QED) is 0.771. The van der Waals surface area contributed by atoms with Gasteiger partial charge in [-0.15, -0.1) is 11.3 Å². The van der Waals surface area contributed by atoms with Gasteiger partial charge in [-0.1, -0.05) is 12.1 Å². The molecule has 3 heterocycles. The van der Waals surface area contributed by atoms with Crippen molar-refractivity contribution in [2.45, 2.75) is 25.9 Å². The normalized spacial score (nSPS) is 17.0. The van der Waals surface area contributed by atoms with Gasteiger partial charge in [-0.25, -0.2) is 14.5 Å². The molecule has 1 N–H and O–H groups in total. The average Bonchev–Trinajstić information content (AvgIpc) is 3.18. The number of nitrogens with one attached hydrogen (secondary N) is 1. The topological polar surface area (TPSA) is 81.8 Å². The van der Waals surface area contributed by atoms with Gasteiger partial charge in [-0.2, -0.15) is 5.10 Å². The summed E-state index contributed by atoms with van der Waals surface area (Å²) in [7, 11) is 1.64. The first-order valence-electron chi connectivity index (χ1n) is 7.85. The van der Waals surface area contributed by atoms with Crippen molar-refractivity contribution in [3.63, 3.8) is 0 Å². The summed E-state index contributed by atoms with van der Waals surface area (Å²) in [4.78, 5) is 28.8. The standard InChI is InChI=1S/C16H17N5O2S/c1-20-16(23)21-8-11(5-6-13(21)19-20)15(22)17-7-10-3-2-4-12-14(10)24-9-18-12/h2-4,9,11H,5-8H2,1H3,(H,17,22). The molecule has 0 spiro atoms. The second-order valence-corrected chi connectivity index (χ2v) is 6.86. The van der Waals surface area contributed by atoms with Crippen LogP contribution in [0.1, 0.15) is 17.8 Å². The highest BCUT2D eigenvalue weighted by Crippen LogP contribution is 2.22. The lowest BCUT2D eigenvalue weighted by atomic mass is 9.98. The highest BCUT2D eigenvalue weighted by atomic mass is 32.1. The van der Waals surface area contributed by atoms with E-state index in [9.17, 15) is 9.59 Å². The summed E-state index contributed by atoms with van der Waals surface area (Å²) in [6.45, 7) is 0.877. The number of carbonyl (C=O) groups is 1. The van der Waals surface area contributed by atoms with Crippen LogP contribution >= 0.6 is 11.3 Å². The Hall–Kier alpha value is -2.48. The number of hydrogen-bond donors (Lipinski definition) is 1. The molecule has 7 nitrogen and oxygen atoms in total. The molecule has 0 bridgehead atoms. The molecule has 8 heteroatoms. The zero-order valence-electron chi connectivity index (χ0n) is 13.2. The van der Waals surface area contributed by atoms with Crippen molar-refractivity contribution in [1.29, 1.82) is 0 Å². The number of benzene rings is 1. The van der Waals surface area contributed by atoms with Gasteiger partial charge in [0.25, 0.3) is 0 Å². The Balaban J connectivity index is 1.46. The Kier molecular flexibility index (Phi) is 3.68. The summed E-state index contributed by atoms with van der Waals surface area (Å²) in [5, 5.41) is 7.20. The van der Waals surface area contributed by atoms with Crippen LogP contribution in [0.5, 0.6) is 0 Å². The molecule has 3 aromatic rings. The van der Waals surface area contributed by atoms with E-state index >= 15 is 0 Å². The monoisotopic (exact) mass is 343 g/mol. The van der Waals surface area contributed by atoms with Gasteiger partial charge in [0.2, 0.25) is 5.91 Å². The van der Waals surface area contributed by atoms with E-state index < -0.39 is 0 Å². The third-order valence-electron chi connectivity index (χ3n) is 4.47. The molecule has 1 aliphatic rings. The molecular weight excluding hydrogens is 326 g/mol. The summed E-state index contributed by atoms with van der Waals surface area (Å²) in [5.41, 5.74) is 3.68. The van der Waals surface area contributed by atoms with Crippen molar-refractivity contribution < 1.29 is 4.79 Å². The number of amides is 1. The number of carbonyl (C=O) groups excluding carboxylic acids is 1. The minimum atomic E-state index is -0.194. The van der Waals surface area contributed by atoms with Gasteiger partial charge in [-0.05, 0) is 18.1 Å². The van der Waals surface area contributed by atoms with Crippen LogP contribution in [0, 0.1) is 5.92 Å². The molecule has 124 valence electrons. The highest BCUT2D eigenvalue weighted by Gasteiger charge is 2.27. The predicted octanol–water partition coefficient (Wildman–Crippen LogP) is 1.07. The average molecular weight is 343 g/mol. The molecule has 0 saturated carbocycles. The lowest BCUT2D eigenvalue weighted by Gasteiger charge is -2.21. The summed E-state index contributed by atoms with van der Waals surface area (Å²) in [6, 6.07) is 5.92. The number of hydrogen-bond acceptors (Lipinski definition) is 5. The van der Waals surface area contributed by atoms with Crippen LogP contribution in [-0.4, -0.2) is 25.2 Å². The third-order valence-corrected chi connectivity index (χ3v) is 5.38. The van der Waals surface area contributed by atoms with Crippen LogP contribution in [0.3, 0.4) is 0 Å². The molecule has 1 amide bonds. The number of aromatic nitrogens is 4. The van der Waals surface area contributed by atoms with Gasteiger partial charge in [-0.3, -0.25) is 9.36 Å². The maximum atomic E-state index is 12.5. The molecule has 0 radical (unpaired) electrons. The van der Waals surface area contributed by atoms with E-state index in [2.05, 4.69) is 15.4 Å². The fourth-order valence-corrected chi connectivity index (χ4v) is 3.97. The lowest BCUT2D eigenvalue weighted by Crippen LogP contribution is -2.38. The summed E-state index contributed by atoms with van der Waals surface area (Å²) in [6.07, 6.45) is 1.37. The van der Waals surface area contributed by atoms with Gasteiger partial charge in [0.1, 0.15) is 5.82 Å². The summed E-state index contributed by atoms with van der Waals surface area (Å²) in [5.74, 6) is 0.555. The Morgan fingerprint density at radius 1 is 1.46 bits per heavy atom. The predicted molar refractivity (Wildman–Crippen MR) is 90.7 cm³/mol. The third kappa shape index (κ3) is 2.52. The molecule has 1 aliphatic heterocycles. The maximum Gasteiger partial charge on any atom is 0.345 e. The van der Waals surface area contributed by atoms with Gasteiger partial charge >= 0.3 is 5.69 Å². The maximum absolute atomic E-state index is 12.5. The van der Waals surface area contributed by atoms with E-state index in [4.69, 9.17) is 0 Å². The van der Waals surface area contributed by atoms with Crippen LogP contribution in [0.15, 0.2) is 28.5 Å². The van der Waals surface area contributed by atoms with Crippen molar-refractivity contribution >= 4 is 27.5 Å². The van der Waals surface area contributed by atoms with Crippen molar-refractivity contribution in [2.75, 3.05) is 0 Å². The fraction of sp³-hybridized carbons (Fsp3) is 0.375. The molecule has 0 fully saturated rings. The van der Waals surface area contributed by atoms with E-state index in [0.717, 1.165) is 21.6 Å². The molecule has 1 unspecified atom stereocenters. The Bertz CT molecular complexity index is 970. The van der Waals surface area contributed by atoms with Crippen LogP contribution in [-0.2, 0) is 31.4 Å². The van der Waals surface area contributed by atoms with Gasteiger partial charge < -0.3 is 5.32 Å². The Morgan fingerprint density at radius 2 is 2.33 bits per heavy atom. The van der Waals surface area contributed by atoms with Crippen LogP contribution < -0.4 is 11.0 Å². The molecule has 2 aromatic heterocycles. The largest absolute Gasteiger partial charge is 0.352 e. The Morgan fingerprint density at radius 3 is 3.21 bits per heavy atom. The molecule has 0 aliphatic carbocycles. The minimum absolute atomic E-state index is 0.0158. The number of nitrogens with zero attached hydrogens (tertiary/aromatic N) is 4.